The summed E-state index contributed by atoms with van der Waals surface area (Å²) in [6.45, 7) is 9.28. The maximum absolute atomic E-state index is 12.9. The SMILES string of the molecule is CCCCCCCCCCCC(=O)O[C@H](COC(=O)CCCCCCC)COP(=O)(O)OC[C@H](O)COP(=O)(O)OC[C@@H](COC(=O)CCCCCCCCCCC(C)C)OC(=O)CCCCCCCCCCCC(C)C. The average Bonchev–Trinajstić information content (AvgIpc) is 3.38. The Hall–Kier alpha value is -1.94. The number of phosphoric acid groups is 2. The van der Waals surface area contributed by atoms with Gasteiger partial charge in [-0.15, -0.1) is 0 Å². The Bertz CT molecular complexity index is 1530. The second kappa shape index (κ2) is 51.0. The highest BCUT2D eigenvalue weighted by Crippen LogP contribution is 2.45. The molecule has 0 aromatic heterocycles. The fourth-order valence-corrected chi connectivity index (χ4v) is 10.0. The molecule has 0 spiro atoms. The largest absolute Gasteiger partial charge is 0.472 e. The summed E-state index contributed by atoms with van der Waals surface area (Å²) in [4.78, 5) is 71.6. The minimum absolute atomic E-state index is 0.104. The molecule has 19 heteroatoms. The Morgan fingerprint density at radius 1 is 0.351 bits per heavy atom. The Morgan fingerprint density at radius 3 is 0.883 bits per heavy atom. The van der Waals surface area contributed by atoms with Gasteiger partial charge in [-0.25, -0.2) is 9.13 Å². The summed E-state index contributed by atoms with van der Waals surface area (Å²) in [6, 6.07) is 0. The third-order valence-corrected chi connectivity index (χ3v) is 15.1. The maximum atomic E-state index is 12.9. The second-order valence-corrected chi connectivity index (χ2v) is 24.9. The van der Waals surface area contributed by atoms with E-state index in [2.05, 4.69) is 41.5 Å². The van der Waals surface area contributed by atoms with E-state index in [-0.39, 0.29) is 25.7 Å². The van der Waals surface area contributed by atoms with Gasteiger partial charge in [0.1, 0.15) is 19.3 Å². The van der Waals surface area contributed by atoms with Crippen molar-refractivity contribution in [2.24, 2.45) is 11.8 Å². The van der Waals surface area contributed by atoms with Crippen LogP contribution in [0, 0.1) is 11.8 Å². The molecule has 0 amide bonds. The van der Waals surface area contributed by atoms with Gasteiger partial charge in [0.05, 0.1) is 26.4 Å². The summed E-state index contributed by atoms with van der Waals surface area (Å²) in [5, 5.41) is 10.5. The standard InChI is InChI=1S/C58H112O17P2/c1-7-9-11-13-14-16-24-30-36-42-57(62)74-53(46-68-55(60)40-34-26-12-10-8-2)48-72-76(64,65)70-44-52(59)45-71-77(66,67)73-49-54(47-69-56(61)41-35-29-23-20-19-22-28-33-39-51(5)6)75-58(63)43-37-31-25-18-15-17-21-27-32-38-50(3)4/h50-54,59H,7-49H2,1-6H3,(H,64,65)(H,66,67)/t52-,53+,54+/m0/s1. The molecule has 0 aliphatic carbocycles. The number of phosphoric ester groups is 2. The topological polar surface area (TPSA) is 237 Å². The van der Waals surface area contributed by atoms with E-state index >= 15 is 0 Å². The van der Waals surface area contributed by atoms with Crippen molar-refractivity contribution in [3.8, 4) is 0 Å². The first kappa shape index (κ1) is 75.1. The van der Waals surface area contributed by atoms with Gasteiger partial charge in [0.25, 0.3) is 0 Å². The third kappa shape index (κ3) is 53.2. The summed E-state index contributed by atoms with van der Waals surface area (Å²) in [5.74, 6) is -0.692. The van der Waals surface area contributed by atoms with Crippen LogP contribution in [0.3, 0.4) is 0 Å². The number of carbonyl (C=O) groups is 4. The molecule has 0 bridgehead atoms. The van der Waals surface area contributed by atoms with Crippen molar-refractivity contribution in [3.63, 3.8) is 0 Å². The molecule has 0 saturated heterocycles. The van der Waals surface area contributed by atoms with Gasteiger partial charge >= 0.3 is 39.5 Å². The van der Waals surface area contributed by atoms with Crippen molar-refractivity contribution >= 4 is 39.5 Å². The third-order valence-electron chi connectivity index (χ3n) is 13.2. The van der Waals surface area contributed by atoms with Crippen LogP contribution in [0.1, 0.15) is 279 Å². The summed E-state index contributed by atoms with van der Waals surface area (Å²) >= 11 is 0. The van der Waals surface area contributed by atoms with Crippen LogP contribution >= 0.6 is 15.6 Å². The lowest BCUT2D eigenvalue weighted by molar-refractivity contribution is -0.161. The Labute approximate surface area is 467 Å². The molecule has 0 aromatic carbocycles. The van der Waals surface area contributed by atoms with E-state index in [1.165, 1.54) is 89.9 Å². The first-order chi connectivity index (χ1) is 36.9. The second-order valence-electron chi connectivity index (χ2n) is 22.0. The van der Waals surface area contributed by atoms with Gasteiger partial charge in [-0.2, -0.15) is 0 Å². The van der Waals surface area contributed by atoms with Gasteiger partial charge in [0, 0.05) is 25.7 Å². The first-order valence-electron chi connectivity index (χ1n) is 30.5. The molecule has 0 aliphatic rings. The Kier molecular flexibility index (Phi) is 49.7. The van der Waals surface area contributed by atoms with Crippen LogP contribution in [-0.2, 0) is 65.4 Å². The predicted molar refractivity (Wildman–Crippen MR) is 303 cm³/mol. The molecule has 0 saturated carbocycles. The molecular formula is C58H112O17P2. The normalized spacial score (nSPS) is 14.5. The summed E-state index contributed by atoms with van der Waals surface area (Å²) in [6.07, 6.45) is 31.1. The zero-order valence-electron chi connectivity index (χ0n) is 49.2. The highest BCUT2D eigenvalue weighted by atomic mass is 31.2. The Morgan fingerprint density at radius 2 is 0.597 bits per heavy atom. The van der Waals surface area contributed by atoms with E-state index in [9.17, 15) is 43.2 Å². The van der Waals surface area contributed by atoms with Gasteiger partial charge in [-0.1, -0.05) is 228 Å². The van der Waals surface area contributed by atoms with Crippen LogP contribution in [0.2, 0.25) is 0 Å². The minimum Gasteiger partial charge on any atom is -0.462 e. The number of aliphatic hydroxyl groups is 1. The molecule has 77 heavy (non-hydrogen) atoms. The number of hydrogen-bond acceptors (Lipinski definition) is 15. The number of unbranched alkanes of at least 4 members (excludes halogenated alkanes) is 27. The predicted octanol–water partition coefficient (Wildman–Crippen LogP) is 15.3. The lowest BCUT2D eigenvalue weighted by Crippen LogP contribution is -2.30. The minimum atomic E-state index is -4.94. The highest BCUT2D eigenvalue weighted by molar-refractivity contribution is 7.47. The van der Waals surface area contributed by atoms with Gasteiger partial charge in [0.2, 0.25) is 0 Å². The number of ether oxygens (including phenoxy) is 4. The van der Waals surface area contributed by atoms with E-state index in [1.54, 1.807) is 0 Å². The number of rotatable bonds is 57. The smallest absolute Gasteiger partial charge is 0.462 e. The quantitative estimate of drug-likeness (QED) is 0.0222. The maximum Gasteiger partial charge on any atom is 0.472 e. The summed E-state index contributed by atoms with van der Waals surface area (Å²) in [5.41, 5.74) is 0. The van der Waals surface area contributed by atoms with Gasteiger partial charge in [-0.3, -0.25) is 37.3 Å². The van der Waals surface area contributed by atoms with E-state index in [0.29, 0.717) is 25.7 Å². The lowest BCUT2D eigenvalue weighted by Gasteiger charge is -2.21. The van der Waals surface area contributed by atoms with Crippen molar-refractivity contribution in [1.29, 1.82) is 0 Å². The zero-order chi connectivity index (χ0) is 57.3. The molecule has 0 radical (unpaired) electrons. The molecule has 0 aromatic rings. The van der Waals surface area contributed by atoms with Gasteiger partial charge in [-0.05, 0) is 37.5 Å². The molecule has 0 fully saturated rings. The van der Waals surface area contributed by atoms with Crippen molar-refractivity contribution < 1.29 is 80.2 Å². The molecule has 5 atom stereocenters. The fourth-order valence-electron chi connectivity index (χ4n) is 8.47. The van der Waals surface area contributed by atoms with Crippen LogP contribution in [-0.4, -0.2) is 96.7 Å². The highest BCUT2D eigenvalue weighted by Gasteiger charge is 2.30. The molecule has 456 valence electrons. The molecule has 2 unspecified atom stereocenters. The van der Waals surface area contributed by atoms with Crippen LogP contribution < -0.4 is 0 Å². The van der Waals surface area contributed by atoms with Crippen molar-refractivity contribution in [1.82, 2.24) is 0 Å². The molecule has 3 N–H and O–H groups in total. The molecule has 17 nitrogen and oxygen atoms in total. The van der Waals surface area contributed by atoms with Crippen molar-refractivity contribution in [2.45, 2.75) is 297 Å². The zero-order valence-corrected chi connectivity index (χ0v) is 51.0. The van der Waals surface area contributed by atoms with Crippen molar-refractivity contribution in [3.05, 3.63) is 0 Å². The van der Waals surface area contributed by atoms with Crippen LogP contribution in [0.4, 0.5) is 0 Å². The number of hydrogen-bond donors (Lipinski definition) is 3. The van der Waals surface area contributed by atoms with E-state index in [0.717, 1.165) is 108 Å². The average molecular weight is 1140 g/mol. The van der Waals surface area contributed by atoms with Crippen LogP contribution in [0.25, 0.3) is 0 Å². The van der Waals surface area contributed by atoms with Crippen LogP contribution in [0.5, 0.6) is 0 Å². The lowest BCUT2D eigenvalue weighted by atomic mass is 10.0. The first-order valence-corrected chi connectivity index (χ1v) is 33.5. The number of aliphatic hydroxyl groups excluding tert-OH is 1. The molecular weight excluding hydrogens is 1030 g/mol. The van der Waals surface area contributed by atoms with Gasteiger partial charge < -0.3 is 33.8 Å². The van der Waals surface area contributed by atoms with Crippen molar-refractivity contribution in [2.75, 3.05) is 39.6 Å². The van der Waals surface area contributed by atoms with E-state index in [1.807, 2.05) is 0 Å². The van der Waals surface area contributed by atoms with Gasteiger partial charge in [0.15, 0.2) is 12.2 Å². The monoisotopic (exact) mass is 1140 g/mol. The molecule has 0 heterocycles. The molecule has 0 aliphatic heterocycles. The van der Waals surface area contributed by atoms with E-state index < -0.39 is 97.5 Å². The Balaban J connectivity index is 5.19. The summed E-state index contributed by atoms with van der Waals surface area (Å²) < 4.78 is 67.5. The van der Waals surface area contributed by atoms with E-state index in [4.69, 9.17) is 37.0 Å². The number of carbonyl (C=O) groups excluding carboxylic acids is 4. The summed E-state index contributed by atoms with van der Waals surface area (Å²) in [7, 11) is -9.86. The number of esters is 4. The van der Waals surface area contributed by atoms with Crippen LogP contribution in [0.15, 0.2) is 0 Å². The fraction of sp³-hybridized carbons (Fsp3) is 0.931. The molecule has 0 rings (SSSR count).